The molecule has 5 heteroatoms. The summed E-state index contributed by atoms with van der Waals surface area (Å²) in [5, 5.41) is 3.45. The first kappa shape index (κ1) is 14.7. The van der Waals surface area contributed by atoms with Gasteiger partial charge in [-0.25, -0.2) is 4.98 Å². The summed E-state index contributed by atoms with van der Waals surface area (Å²) >= 11 is 0. The Kier molecular flexibility index (Phi) is 3.81. The number of nitrogens with zero attached hydrogens (tertiary/aromatic N) is 3. The van der Waals surface area contributed by atoms with Gasteiger partial charge in [-0.15, -0.1) is 0 Å². The molecule has 1 aromatic carbocycles. The highest BCUT2D eigenvalue weighted by molar-refractivity contribution is 5.95. The average molecular weight is 312 g/mol. The number of carbonyl (C=O) groups is 1. The van der Waals surface area contributed by atoms with Crippen LogP contribution in [0.2, 0.25) is 0 Å². The molecule has 2 aliphatic rings. The van der Waals surface area contributed by atoms with E-state index in [1.54, 1.807) is 0 Å². The van der Waals surface area contributed by atoms with E-state index in [2.05, 4.69) is 27.9 Å². The van der Waals surface area contributed by atoms with Crippen molar-refractivity contribution in [2.24, 2.45) is 11.8 Å². The van der Waals surface area contributed by atoms with E-state index in [0.29, 0.717) is 18.3 Å². The molecular weight excluding hydrogens is 288 g/mol. The molecule has 5 nitrogen and oxygen atoms in total. The number of para-hydroxylation sites is 2. The Labute approximate surface area is 136 Å². The first-order valence-electron chi connectivity index (χ1n) is 8.70. The molecule has 2 atom stereocenters. The van der Waals surface area contributed by atoms with Crippen LogP contribution in [-0.2, 0) is 11.3 Å². The lowest BCUT2D eigenvalue weighted by Gasteiger charge is -2.28. The SMILES string of the molecule is CC(CC(=O)N1CCn2c1nc1ccccc12)C1CCCNC1. The summed E-state index contributed by atoms with van der Waals surface area (Å²) in [4.78, 5) is 19.3. The quantitative estimate of drug-likeness (QED) is 0.947. The number of fused-ring (bicyclic) bond motifs is 3. The molecular formula is C18H24N4O. The molecule has 1 aromatic heterocycles. The van der Waals surface area contributed by atoms with Crippen molar-refractivity contribution in [1.82, 2.24) is 14.9 Å². The van der Waals surface area contributed by atoms with E-state index >= 15 is 0 Å². The summed E-state index contributed by atoms with van der Waals surface area (Å²) in [6.45, 7) is 5.98. The van der Waals surface area contributed by atoms with Crippen molar-refractivity contribution in [2.45, 2.75) is 32.7 Å². The number of hydrogen-bond donors (Lipinski definition) is 1. The van der Waals surface area contributed by atoms with Gasteiger partial charge in [0.15, 0.2) is 0 Å². The second-order valence-corrected chi connectivity index (χ2v) is 6.89. The number of hydrogen-bond acceptors (Lipinski definition) is 3. The third-order valence-electron chi connectivity index (χ3n) is 5.36. The highest BCUT2D eigenvalue weighted by Gasteiger charge is 2.30. The number of benzene rings is 1. The van der Waals surface area contributed by atoms with Crippen molar-refractivity contribution in [1.29, 1.82) is 0 Å². The third-order valence-corrected chi connectivity index (χ3v) is 5.36. The van der Waals surface area contributed by atoms with E-state index in [1.807, 2.05) is 23.1 Å². The number of aromatic nitrogens is 2. The van der Waals surface area contributed by atoms with Gasteiger partial charge in [-0.05, 0) is 49.9 Å². The molecule has 0 aliphatic carbocycles. The molecule has 2 unspecified atom stereocenters. The Morgan fingerprint density at radius 3 is 3.09 bits per heavy atom. The smallest absolute Gasteiger partial charge is 0.229 e. The van der Waals surface area contributed by atoms with Crippen LogP contribution in [0.15, 0.2) is 24.3 Å². The van der Waals surface area contributed by atoms with Crippen molar-refractivity contribution in [3.05, 3.63) is 24.3 Å². The summed E-state index contributed by atoms with van der Waals surface area (Å²) in [7, 11) is 0. The predicted octanol–water partition coefficient (Wildman–Crippen LogP) is 2.41. The molecule has 122 valence electrons. The molecule has 1 amide bonds. The van der Waals surface area contributed by atoms with Crippen LogP contribution < -0.4 is 10.2 Å². The van der Waals surface area contributed by atoms with Gasteiger partial charge >= 0.3 is 0 Å². The van der Waals surface area contributed by atoms with E-state index in [-0.39, 0.29) is 5.91 Å². The molecule has 2 aliphatic heterocycles. The minimum atomic E-state index is 0.220. The molecule has 1 N–H and O–H groups in total. The number of amides is 1. The predicted molar refractivity (Wildman–Crippen MR) is 91.5 cm³/mol. The lowest BCUT2D eigenvalue weighted by Crippen LogP contribution is -2.37. The highest BCUT2D eigenvalue weighted by Crippen LogP contribution is 2.29. The zero-order chi connectivity index (χ0) is 15.8. The van der Waals surface area contributed by atoms with Crippen LogP contribution in [0.3, 0.4) is 0 Å². The first-order valence-corrected chi connectivity index (χ1v) is 8.70. The number of imidazole rings is 1. The van der Waals surface area contributed by atoms with E-state index in [4.69, 9.17) is 0 Å². The zero-order valence-electron chi connectivity index (χ0n) is 13.7. The summed E-state index contributed by atoms with van der Waals surface area (Å²) < 4.78 is 2.17. The Hall–Kier alpha value is -1.88. The van der Waals surface area contributed by atoms with Crippen LogP contribution in [0.25, 0.3) is 11.0 Å². The fourth-order valence-corrected chi connectivity index (χ4v) is 3.94. The van der Waals surface area contributed by atoms with Crippen LogP contribution in [0.5, 0.6) is 0 Å². The summed E-state index contributed by atoms with van der Waals surface area (Å²) in [5.41, 5.74) is 2.10. The standard InChI is InChI=1S/C18H24N4O/c1-13(14-5-4-8-19-12-14)11-17(23)22-10-9-21-16-7-3-2-6-15(16)20-18(21)22/h2-3,6-7,13-14,19H,4-5,8-12H2,1H3. The molecule has 1 fully saturated rings. The average Bonchev–Trinajstić information content (AvgIpc) is 3.14. The minimum absolute atomic E-state index is 0.220. The van der Waals surface area contributed by atoms with Gasteiger partial charge in [-0.2, -0.15) is 0 Å². The Balaban J connectivity index is 1.50. The van der Waals surface area contributed by atoms with Crippen LogP contribution in [0.4, 0.5) is 5.95 Å². The number of rotatable bonds is 3. The Morgan fingerprint density at radius 1 is 1.39 bits per heavy atom. The number of nitrogens with one attached hydrogen (secondary N) is 1. The molecule has 2 aromatic rings. The lowest BCUT2D eigenvalue weighted by atomic mass is 9.85. The maximum Gasteiger partial charge on any atom is 0.229 e. The molecule has 1 saturated heterocycles. The first-order chi connectivity index (χ1) is 11.2. The Bertz CT molecular complexity index is 717. The van der Waals surface area contributed by atoms with Gasteiger partial charge in [0.2, 0.25) is 11.9 Å². The van der Waals surface area contributed by atoms with Crippen molar-refractivity contribution < 1.29 is 4.79 Å². The number of carbonyl (C=O) groups excluding carboxylic acids is 1. The van der Waals surface area contributed by atoms with Gasteiger partial charge in [0, 0.05) is 19.5 Å². The van der Waals surface area contributed by atoms with Gasteiger partial charge in [0.05, 0.1) is 11.0 Å². The van der Waals surface area contributed by atoms with E-state index in [0.717, 1.165) is 43.2 Å². The van der Waals surface area contributed by atoms with Crippen LogP contribution >= 0.6 is 0 Å². The fourth-order valence-electron chi connectivity index (χ4n) is 3.94. The summed E-state index contributed by atoms with van der Waals surface area (Å²) in [5.74, 6) is 2.09. The summed E-state index contributed by atoms with van der Waals surface area (Å²) in [6.07, 6.45) is 3.08. The van der Waals surface area contributed by atoms with Gasteiger partial charge in [-0.3, -0.25) is 9.69 Å². The van der Waals surface area contributed by atoms with Crippen LogP contribution in [0.1, 0.15) is 26.2 Å². The normalized spacial score (nSPS) is 22.3. The number of anilines is 1. The topological polar surface area (TPSA) is 50.2 Å². The molecule has 3 heterocycles. The monoisotopic (exact) mass is 312 g/mol. The zero-order valence-corrected chi connectivity index (χ0v) is 13.7. The van der Waals surface area contributed by atoms with Crippen molar-refractivity contribution in [2.75, 3.05) is 24.5 Å². The minimum Gasteiger partial charge on any atom is -0.316 e. The van der Waals surface area contributed by atoms with Crippen LogP contribution in [-0.4, -0.2) is 35.1 Å². The number of piperidine rings is 1. The molecule has 0 saturated carbocycles. The van der Waals surface area contributed by atoms with Crippen molar-refractivity contribution >= 4 is 22.9 Å². The largest absolute Gasteiger partial charge is 0.316 e. The van der Waals surface area contributed by atoms with Gasteiger partial charge in [0.1, 0.15) is 0 Å². The maximum absolute atomic E-state index is 12.8. The second kappa shape index (κ2) is 5.96. The van der Waals surface area contributed by atoms with Crippen molar-refractivity contribution in [3.63, 3.8) is 0 Å². The Morgan fingerprint density at radius 2 is 2.26 bits per heavy atom. The van der Waals surface area contributed by atoms with Crippen molar-refractivity contribution in [3.8, 4) is 0 Å². The van der Waals surface area contributed by atoms with E-state index in [1.165, 1.54) is 12.8 Å². The van der Waals surface area contributed by atoms with Gasteiger partial charge < -0.3 is 9.88 Å². The van der Waals surface area contributed by atoms with Crippen LogP contribution in [0, 0.1) is 11.8 Å². The molecule has 4 rings (SSSR count). The second-order valence-electron chi connectivity index (χ2n) is 6.89. The van der Waals surface area contributed by atoms with E-state index in [9.17, 15) is 4.79 Å². The van der Waals surface area contributed by atoms with Gasteiger partial charge in [-0.1, -0.05) is 19.1 Å². The highest BCUT2D eigenvalue weighted by atomic mass is 16.2. The molecule has 23 heavy (non-hydrogen) atoms. The molecule has 0 spiro atoms. The molecule has 0 radical (unpaired) electrons. The van der Waals surface area contributed by atoms with Gasteiger partial charge in [0.25, 0.3) is 0 Å². The molecule has 0 bridgehead atoms. The fraction of sp³-hybridized carbons (Fsp3) is 0.556. The maximum atomic E-state index is 12.8. The summed E-state index contributed by atoms with van der Waals surface area (Å²) in [6, 6.07) is 8.12. The van der Waals surface area contributed by atoms with E-state index < -0.39 is 0 Å². The lowest BCUT2D eigenvalue weighted by molar-refractivity contribution is -0.119. The third kappa shape index (κ3) is 2.63.